The summed E-state index contributed by atoms with van der Waals surface area (Å²) in [6, 6.07) is 13.9. The van der Waals surface area contributed by atoms with Crippen LogP contribution < -0.4 is 0 Å². The molecule has 0 radical (unpaired) electrons. The highest BCUT2D eigenvalue weighted by Crippen LogP contribution is 2.59. The van der Waals surface area contributed by atoms with Gasteiger partial charge >= 0.3 is 12.3 Å². The highest BCUT2D eigenvalue weighted by atomic mass is 32.1. The van der Waals surface area contributed by atoms with Crippen molar-refractivity contribution in [2.75, 3.05) is 19.7 Å². The van der Waals surface area contributed by atoms with Gasteiger partial charge in [-0.15, -0.1) is 11.3 Å². The van der Waals surface area contributed by atoms with Gasteiger partial charge in [0.25, 0.3) is 0 Å². The van der Waals surface area contributed by atoms with E-state index >= 15 is 0 Å². The largest absolute Gasteiger partial charge is 0.450 e. The Morgan fingerprint density at radius 3 is 2.59 bits per heavy atom. The summed E-state index contributed by atoms with van der Waals surface area (Å²) in [6.45, 7) is 6.38. The van der Waals surface area contributed by atoms with Crippen LogP contribution in [0.1, 0.15) is 103 Å². The van der Waals surface area contributed by atoms with E-state index in [2.05, 4.69) is 6.08 Å². The number of benzene rings is 2. The Bertz CT molecular complexity index is 1650. The predicted octanol–water partition coefficient (Wildman–Crippen LogP) is 8.74. The molecule has 2 bridgehead atoms. The van der Waals surface area contributed by atoms with Crippen LogP contribution >= 0.6 is 11.3 Å². The number of carbonyl (C=O) groups is 2. The lowest BCUT2D eigenvalue weighted by atomic mass is 9.64. The number of thiophene rings is 1. The third kappa shape index (κ3) is 8.30. The zero-order chi connectivity index (χ0) is 35.4. The first-order chi connectivity index (χ1) is 23.2. The van der Waals surface area contributed by atoms with E-state index < -0.39 is 40.7 Å². The minimum Gasteiger partial charge on any atom is -0.450 e. The molecule has 2 N–H and O–H groups in total. The molecule has 0 saturated heterocycles. The first kappa shape index (κ1) is 36.8. The molecule has 3 aliphatic rings. The summed E-state index contributed by atoms with van der Waals surface area (Å²) < 4.78 is 46.5. The number of fused-ring (bicyclic) bond motifs is 8. The van der Waals surface area contributed by atoms with Crippen molar-refractivity contribution in [3.63, 3.8) is 0 Å². The molecule has 4 atom stereocenters. The third-order valence-electron chi connectivity index (χ3n) is 10.6. The molecule has 3 aromatic rings. The van der Waals surface area contributed by atoms with Gasteiger partial charge in [0.1, 0.15) is 0 Å². The SMILES string of the molecule is CCOC(=O)N(CCc1cccs1)C[C@]1(O)CC[C@H]2c3ccc(cc3C(=O)c3cccc(C(F)(F)F)c3)C[C@@H](O)CCC(C)=CCC[C@@]21C. The maximum absolute atomic E-state index is 14.2. The van der Waals surface area contributed by atoms with Crippen molar-refractivity contribution in [2.24, 2.45) is 5.41 Å². The number of alkyl halides is 3. The minimum atomic E-state index is -4.61. The highest BCUT2D eigenvalue weighted by Gasteiger charge is 2.57. The quantitative estimate of drug-likeness (QED) is 0.182. The molecule has 0 aliphatic heterocycles. The predicted molar refractivity (Wildman–Crippen MR) is 185 cm³/mol. The second kappa shape index (κ2) is 15.2. The number of allylic oxidation sites excluding steroid dienone is 2. The van der Waals surface area contributed by atoms with E-state index in [0.717, 1.165) is 22.6 Å². The normalized spacial score (nSPS) is 24.5. The minimum absolute atomic E-state index is 0.0358. The van der Waals surface area contributed by atoms with E-state index in [-0.39, 0.29) is 30.2 Å². The molecule has 1 heterocycles. The lowest BCUT2D eigenvalue weighted by Crippen LogP contribution is -2.54. The van der Waals surface area contributed by atoms with Gasteiger partial charge in [-0.1, -0.05) is 48.9 Å². The van der Waals surface area contributed by atoms with Gasteiger partial charge in [-0.25, -0.2) is 4.79 Å². The Kier molecular flexibility index (Phi) is 11.4. The van der Waals surface area contributed by atoms with Crippen LogP contribution in [0.4, 0.5) is 18.0 Å². The van der Waals surface area contributed by atoms with E-state index in [4.69, 9.17) is 4.74 Å². The zero-order valence-electron chi connectivity index (χ0n) is 28.4. The molecule has 2 aromatic carbocycles. The van der Waals surface area contributed by atoms with Crippen molar-refractivity contribution in [1.29, 1.82) is 0 Å². The molecule has 0 unspecified atom stereocenters. The van der Waals surface area contributed by atoms with Gasteiger partial charge in [0.15, 0.2) is 5.78 Å². The fourth-order valence-electron chi connectivity index (χ4n) is 7.65. The first-order valence-corrected chi connectivity index (χ1v) is 18.0. The fraction of sp³-hybridized carbons (Fsp3) is 0.487. The molecular weight excluding hydrogens is 651 g/mol. The van der Waals surface area contributed by atoms with Crippen molar-refractivity contribution in [2.45, 2.75) is 95.9 Å². The molecule has 1 aromatic heterocycles. The monoisotopic (exact) mass is 697 g/mol. The summed E-state index contributed by atoms with van der Waals surface area (Å²) in [6.07, 6.45) is 0.482. The Morgan fingerprint density at radius 1 is 1.08 bits per heavy atom. The van der Waals surface area contributed by atoms with Gasteiger partial charge in [-0.3, -0.25) is 4.79 Å². The maximum Gasteiger partial charge on any atom is 0.416 e. The summed E-state index contributed by atoms with van der Waals surface area (Å²) >= 11 is 1.60. The van der Waals surface area contributed by atoms with Crippen LogP contribution in [-0.4, -0.2) is 58.4 Å². The van der Waals surface area contributed by atoms with Crippen molar-refractivity contribution in [3.05, 3.63) is 104 Å². The van der Waals surface area contributed by atoms with Gasteiger partial charge in [0.05, 0.1) is 30.4 Å². The van der Waals surface area contributed by atoms with Crippen molar-refractivity contribution in [3.8, 4) is 0 Å². The van der Waals surface area contributed by atoms with Crippen LogP contribution in [0.25, 0.3) is 0 Å². The number of ketones is 1. The standard InChI is InChI=1S/C39H46F3NO5S/c1-4-48-36(46)43(20-17-31-11-7-21-49-31)25-38(47)19-16-34-32-15-13-27(22-30(44)14-12-26(2)8-6-18-37(34,38)3)23-33(32)35(45)28-9-5-10-29(24-28)39(40,41)42/h5,7-11,13,15,21,23-24,30,34,44,47H,4,6,12,14,16-20,22,25H2,1-3H3/t30-,34-,37-,38+/m0/s1. The van der Waals surface area contributed by atoms with E-state index in [9.17, 15) is 33.0 Å². The van der Waals surface area contributed by atoms with Crippen LogP contribution in [0, 0.1) is 5.41 Å². The number of hydrogen-bond acceptors (Lipinski definition) is 6. The summed E-state index contributed by atoms with van der Waals surface area (Å²) in [4.78, 5) is 30.2. The Labute approximate surface area is 290 Å². The zero-order valence-corrected chi connectivity index (χ0v) is 29.2. The number of amides is 1. The number of hydrogen-bond donors (Lipinski definition) is 2. The van der Waals surface area contributed by atoms with Gasteiger partial charge in [0.2, 0.25) is 0 Å². The van der Waals surface area contributed by atoms with E-state index in [1.807, 2.05) is 43.5 Å². The first-order valence-electron chi connectivity index (χ1n) is 17.1. The Hall–Kier alpha value is -3.47. The van der Waals surface area contributed by atoms with E-state index in [1.165, 1.54) is 12.1 Å². The van der Waals surface area contributed by atoms with E-state index in [1.54, 1.807) is 29.2 Å². The lowest BCUT2D eigenvalue weighted by Gasteiger charge is -2.46. The van der Waals surface area contributed by atoms with Crippen LogP contribution in [-0.2, 0) is 23.8 Å². The summed E-state index contributed by atoms with van der Waals surface area (Å²) in [5, 5.41) is 25.6. The molecule has 3 aliphatic carbocycles. The molecule has 1 saturated carbocycles. The lowest BCUT2D eigenvalue weighted by molar-refractivity contribution is -0.137. The second-order valence-corrected chi connectivity index (χ2v) is 14.8. The second-order valence-electron chi connectivity index (χ2n) is 13.8. The molecular formula is C39H46F3NO5S. The molecule has 49 heavy (non-hydrogen) atoms. The number of rotatable bonds is 8. The number of aliphatic hydroxyl groups is 2. The highest BCUT2D eigenvalue weighted by molar-refractivity contribution is 7.09. The van der Waals surface area contributed by atoms with Crippen molar-refractivity contribution < 1.29 is 37.7 Å². The van der Waals surface area contributed by atoms with Crippen LogP contribution in [0.15, 0.2) is 71.6 Å². The maximum atomic E-state index is 14.2. The number of nitrogens with zero attached hydrogens (tertiary/aromatic N) is 1. The molecule has 10 heteroatoms. The fourth-order valence-corrected chi connectivity index (χ4v) is 8.35. The smallest absolute Gasteiger partial charge is 0.416 e. The Balaban J connectivity index is 1.59. The van der Waals surface area contributed by atoms with Crippen LogP contribution in [0.3, 0.4) is 0 Å². The van der Waals surface area contributed by atoms with Crippen molar-refractivity contribution >= 4 is 23.2 Å². The summed E-state index contributed by atoms with van der Waals surface area (Å²) in [5.74, 6) is -0.888. The van der Waals surface area contributed by atoms with Gasteiger partial charge < -0.3 is 19.8 Å². The van der Waals surface area contributed by atoms with Crippen LogP contribution in [0.5, 0.6) is 0 Å². The number of ether oxygens (including phenoxy) is 1. The Morgan fingerprint density at radius 2 is 1.88 bits per heavy atom. The third-order valence-corrected chi connectivity index (χ3v) is 11.5. The molecule has 1 fully saturated rings. The number of halogens is 3. The molecule has 0 spiro atoms. The van der Waals surface area contributed by atoms with Crippen molar-refractivity contribution in [1.82, 2.24) is 4.90 Å². The number of aliphatic hydroxyl groups excluding tert-OH is 1. The van der Waals surface area contributed by atoms with Crippen LogP contribution in [0.2, 0.25) is 0 Å². The molecule has 6 rings (SSSR count). The average Bonchev–Trinajstić information content (AvgIpc) is 3.67. The topological polar surface area (TPSA) is 87.1 Å². The molecule has 1 amide bonds. The average molecular weight is 698 g/mol. The number of carbonyl (C=O) groups excluding carboxylic acids is 2. The van der Waals surface area contributed by atoms with E-state index in [0.29, 0.717) is 69.0 Å². The molecule has 6 nitrogen and oxygen atoms in total. The van der Waals surface area contributed by atoms with Gasteiger partial charge in [0, 0.05) is 28.0 Å². The summed E-state index contributed by atoms with van der Waals surface area (Å²) in [7, 11) is 0. The summed E-state index contributed by atoms with van der Waals surface area (Å²) in [5.41, 5.74) is -0.400. The van der Waals surface area contributed by atoms with Gasteiger partial charge in [-0.2, -0.15) is 13.2 Å². The molecule has 264 valence electrons. The van der Waals surface area contributed by atoms with Gasteiger partial charge in [-0.05, 0) is 112 Å².